The fourth-order valence-corrected chi connectivity index (χ4v) is 3.07. The smallest absolute Gasteiger partial charge is 0.317 e. The van der Waals surface area contributed by atoms with Crippen LogP contribution in [0.25, 0.3) is 0 Å². The lowest BCUT2D eigenvalue weighted by Crippen LogP contribution is -2.46. The van der Waals surface area contributed by atoms with Crippen LogP contribution in [0.5, 0.6) is 0 Å². The Morgan fingerprint density at radius 2 is 1.95 bits per heavy atom. The van der Waals surface area contributed by atoms with Gasteiger partial charge in [-0.05, 0) is 45.7 Å². The fourth-order valence-electron chi connectivity index (χ4n) is 3.07. The van der Waals surface area contributed by atoms with Crippen LogP contribution in [0.1, 0.15) is 39.5 Å². The maximum Gasteiger partial charge on any atom is 0.317 e. The molecule has 2 N–H and O–H groups in total. The molecule has 6 heteroatoms. The highest BCUT2D eigenvalue weighted by atomic mass is 16.4. The summed E-state index contributed by atoms with van der Waals surface area (Å²) >= 11 is 0. The van der Waals surface area contributed by atoms with Crippen molar-refractivity contribution in [2.75, 3.05) is 32.7 Å². The Morgan fingerprint density at radius 1 is 1.29 bits per heavy atom. The Balaban J connectivity index is 1.80. The lowest BCUT2D eigenvalue weighted by molar-refractivity contribution is -0.147. The van der Waals surface area contributed by atoms with Crippen molar-refractivity contribution < 1.29 is 14.7 Å². The third-order valence-electron chi connectivity index (χ3n) is 5.03. The van der Waals surface area contributed by atoms with Gasteiger partial charge in [-0.3, -0.25) is 9.69 Å². The molecule has 0 aromatic rings. The molecule has 2 saturated heterocycles. The second-order valence-electron chi connectivity index (χ2n) is 6.51. The van der Waals surface area contributed by atoms with E-state index in [0.717, 1.165) is 32.6 Å². The summed E-state index contributed by atoms with van der Waals surface area (Å²) in [6.07, 6.45) is 4.04. The van der Waals surface area contributed by atoms with Crippen molar-refractivity contribution in [2.24, 2.45) is 5.41 Å². The molecule has 2 amide bonds. The van der Waals surface area contributed by atoms with Crippen molar-refractivity contribution in [3.8, 4) is 0 Å². The second kappa shape index (κ2) is 6.64. The van der Waals surface area contributed by atoms with Crippen LogP contribution in [0.2, 0.25) is 0 Å². The minimum Gasteiger partial charge on any atom is -0.481 e. The molecule has 2 rings (SSSR count). The lowest BCUT2D eigenvalue weighted by atomic mass is 9.88. The molecule has 2 aliphatic rings. The van der Waals surface area contributed by atoms with Gasteiger partial charge in [0.1, 0.15) is 0 Å². The summed E-state index contributed by atoms with van der Waals surface area (Å²) in [5, 5.41) is 12.0. The quantitative estimate of drug-likeness (QED) is 0.804. The van der Waals surface area contributed by atoms with Crippen molar-refractivity contribution >= 4 is 12.0 Å². The van der Waals surface area contributed by atoms with E-state index in [2.05, 4.69) is 10.2 Å². The first-order chi connectivity index (χ1) is 9.96. The third-order valence-corrected chi connectivity index (χ3v) is 5.03. The zero-order valence-corrected chi connectivity index (χ0v) is 13.1. The number of carbonyl (C=O) groups excluding carboxylic acids is 1. The van der Waals surface area contributed by atoms with Gasteiger partial charge in [-0.25, -0.2) is 4.79 Å². The van der Waals surface area contributed by atoms with E-state index in [1.807, 2.05) is 11.8 Å². The molecular weight excluding hydrogens is 270 g/mol. The number of aliphatic carboxylic acids is 1. The number of rotatable bonds is 5. The van der Waals surface area contributed by atoms with Gasteiger partial charge in [-0.2, -0.15) is 0 Å². The minimum atomic E-state index is -0.885. The van der Waals surface area contributed by atoms with Gasteiger partial charge in [0.15, 0.2) is 0 Å². The van der Waals surface area contributed by atoms with E-state index in [9.17, 15) is 14.7 Å². The van der Waals surface area contributed by atoms with Crippen molar-refractivity contribution in [3.63, 3.8) is 0 Å². The SMILES string of the molecule is CCC(C)(CNC(=O)N1CCC(N2CCCC2)C1)C(=O)O. The van der Waals surface area contributed by atoms with E-state index in [0.29, 0.717) is 12.5 Å². The molecule has 2 unspecified atom stereocenters. The van der Waals surface area contributed by atoms with Crippen molar-refractivity contribution in [3.05, 3.63) is 0 Å². The van der Waals surface area contributed by atoms with Gasteiger partial charge in [0.05, 0.1) is 5.41 Å². The number of carboxylic acid groups (broad SMARTS) is 1. The normalized spacial score (nSPS) is 25.8. The number of carbonyl (C=O) groups is 2. The summed E-state index contributed by atoms with van der Waals surface area (Å²) in [5.41, 5.74) is -0.885. The Hall–Kier alpha value is -1.30. The Morgan fingerprint density at radius 3 is 2.52 bits per heavy atom. The maximum atomic E-state index is 12.2. The number of urea groups is 1. The molecule has 0 bridgehead atoms. The topological polar surface area (TPSA) is 72.9 Å². The van der Waals surface area contributed by atoms with Gasteiger partial charge >= 0.3 is 12.0 Å². The Labute approximate surface area is 126 Å². The Kier molecular flexibility index (Phi) is 5.08. The molecule has 0 radical (unpaired) electrons. The zero-order chi connectivity index (χ0) is 15.5. The highest BCUT2D eigenvalue weighted by Gasteiger charge is 2.34. The number of carboxylic acids is 1. The molecule has 21 heavy (non-hydrogen) atoms. The van der Waals surface area contributed by atoms with Crippen LogP contribution in [-0.2, 0) is 4.79 Å². The van der Waals surface area contributed by atoms with Gasteiger partial charge in [-0.15, -0.1) is 0 Å². The van der Waals surface area contributed by atoms with E-state index in [-0.39, 0.29) is 12.6 Å². The van der Waals surface area contributed by atoms with Crippen molar-refractivity contribution in [2.45, 2.75) is 45.6 Å². The standard InChI is InChI=1S/C15H27N3O3/c1-3-15(2,13(19)20)11-16-14(21)18-9-6-12(10-18)17-7-4-5-8-17/h12H,3-11H2,1-2H3,(H,16,21)(H,19,20). The lowest BCUT2D eigenvalue weighted by Gasteiger charge is -2.26. The van der Waals surface area contributed by atoms with Gasteiger partial charge in [0, 0.05) is 25.7 Å². The van der Waals surface area contributed by atoms with E-state index < -0.39 is 11.4 Å². The zero-order valence-electron chi connectivity index (χ0n) is 13.1. The van der Waals surface area contributed by atoms with Gasteiger partial charge < -0.3 is 15.3 Å². The minimum absolute atomic E-state index is 0.127. The number of hydrogen-bond acceptors (Lipinski definition) is 3. The molecule has 2 heterocycles. The fraction of sp³-hybridized carbons (Fsp3) is 0.867. The summed E-state index contributed by atoms with van der Waals surface area (Å²) in [5.74, 6) is -0.860. The summed E-state index contributed by atoms with van der Waals surface area (Å²) in [6.45, 7) is 7.51. The van der Waals surface area contributed by atoms with E-state index >= 15 is 0 Å². The molecule has 0 aliphatic carbocycles. The van der Waals surface area contributed by atoms with Crippen LogP contribution < -0.4 is 5.32 Å². The molecule has 2 atom stereocenters. The number of likely N-dealkylation sites (tertiary alicyclic amines) is 2. The maximum absolute atomic E-state index is 12.2. The highest BCUT2D eigenvalue weighted by Crippen LogP contribution is 2.22. The van der Waals surface area contributed by atoms with Crippen LogP contribution in [0.3, 0.4) is 0 Å². The Bertz CT molecular complexity index is 396. The largest absolute Gasteiger partial charge is 0.481 e. The predicted octanol–water partition coefficient (Wildman–Crippen LogP) is 1.37. The van der Waals surface area contributed by atoms with E-state index in [1.165, 1.54) is 12.8 Å². The van der Waals surface area contributed by atoms with Gasteiger partial charge in [0.25, 0.3) is 0 Å². The van der Waals surface area contributed by atoms with Gasteiger partial charge in [-0.1, -0.05) is 6.92 Å². The first-order valence-electron chi connectivity index (χ1n) is 7.96. The average molecular weight is 297 g/mol. The molecular formula is C15H27N3O3. The molecule has 120 valence electrons. The first kappa shape index (κ1) is 16.1. The molecule has 0 spiro atoms. The van der Waals surface area contributed by atoms with Crippen LogP contribution in [0, 0.1) is 5.41 Å². The molecule has 0 aromatic heterocycles. The van der Waals surface area contributed by atoms with Crippen LogP contribution in [0.4, 0.5) is 4.79 Å². The predicted molar refractivity (Wildman–Crippen MR) is 80.2 cm³/mol. The molecule has 2 fully saturated rings. The van der Waals surface area contributed by atoms with Crippen molar-refractivity contribution in [1.29, 1.82) is 0 Å². The second-order valence-corrected chi connectivity index (χ2v) is 6.51. The molecule has 0 aromatic carbocycles. The van der Waals surface area contributed by atoms with E-state index in [4.69, 9.17) is 0 Å². The highest BCUT2D eigenvalue weighted by molar-refractivity contribution is 5.78. The van der Waals surface area contributed by atoms with Crippen LogP contribution in [0.15, 0.2) is 0 Å². The first-order valence-corrected chi connectivity index (χ1v) is 7.96. The van der Waals surface area contributed by atoms with Crippen LogP contribution in [-0.4, -0.2) is 65.7 Å². The number of hydrogen-bond donors (Lipinski definition) is 2. The van der Waals surface area contributed by atoms with Crippen LogP contribution >= 0.6 is 0 Å². The molecule has 6 nitrogen and oxygen atoms in total. The van der Waals surface area contributed by atoms with Gasteiger partial charge in [0.2, 0.25) is 0 Å². The summed E-state index contributed by atoms with van der Waals surface area (Å²) < 4.78 is 0. The monoisotopic (exact) mass is 297 g/mol. The molecule has 0 saturated carbocycles. The molecule has 2 aliphatic heterocycles. The number of nitrogens with one attached hydrogen (secondary N) is 1. The summed E-state index contributed by atoms with van der Waals surface area (Å²) in [6, 6.07) is 0.355. The van der Waals surface area contributed by atoms with Crippen molar-refractivity contribution in [1.82, 2.24) is 15.1 Å². The summed E-state index contributed by atoms with van der Waals surface area (Å²) in [7, 11) is 0. The average Bonchev–Trinajstić information content (AvgIpc) is 3.13. The third kappa shape index (κ3) is 3.67. The number of amides is 2. The number of nitrogens with zero attached hydrogens (tertiary/aromatic N) is 2. The van der Waals surface area contributed by atoms with E-state index in [1.54, 1.807) is 6.92 Å². The summed E-state index contributed by atoms with van der Waals surface area (Å²) in [4.78, 5) is 27.7.